The summed E-state index contributed by atoms with van der Waals surface area (Å²) in [6.45, 7) is 3.11. The molecule has 2 saturated carbocycles. The van der Waals surface area contributed by atoms with Crippen LogP contribution < -0.4 is 11.1 Å². The lowest BCUT2D eigenvalue weighted by Gasteiger charge is -2.29. The molecule has 3 N–H and O–H groups in total. The number of carbonyl (C=O) groups is 1. The van der Waals surface area contributed by atoms with Crippen LogP contribution in [0.1, 0.15) is 64.7 Å². The summed E-state index contributed by atoms with van der Waals surface area (Å²) in [6, 6.07) is 0.357. The maximum atomic E-state index is 12.2. The molecular weight excluding hydrogens is 236 g/mol. The Hall–Kier alpha value is -0.570. The fraction of sp³-hybridized carbons (Fsp3) is 0.938. The molecule has 0 aromatic rings. The molecule has 0 heterocycles. The van der Waals surface area contributed by atoms with Crippen molar-refractivity contribution in [2.45, 2.75) is 70.8 Å². The van der Waals surface area contributed by atoms with Gasteiger partial charge in [0.2, 0.25) is 5.91 Å². The highest BCUT2D eigenvalue weighted by Gasteiger charge is 2.26. The molecule has 2 rings (SSSR count). The predicted octanol–water partition coefficient (Wildman–Crippen LogP) is 2.84. The Morgan fingerprint density at radius 1 is 1.11 bits per heavy atom. The van der Waals surface area contributed by atoms with Crippen molar-refractivity contribution in [3.05, 3.63) is 0 Å². The quantitative estimate of drug-likeness (QED) is 0.822. The van der Waals surface area contributed by atoms with Crippen LogP contribution in [0.4, 0.5) is 0 Å². The maximum Gasteiger partial charge on any atom is 0.223 e. The molecule has 110 valence electrons. The second-order valence-electron chi connectivity index (χ2n) is 6.66. The first kappa shape index (κ1) is 14.8. The van der Waals surface area contributed by atoms with Crippen LogP contribution in [0, 0.1) is 17.8 Å². The Labute approximate surface area is 117 Å². The van der Waals surface area contributed by atoms with E-state index in [-0.39, 0.29) is 5.92 Å². The topological polar surface area (TPSA) is 55.1 Å². The number of hydrogen-bond donors (Lipinski definition) is 2. The van der Waals surface area contributed by atoms with Crippen molar-refractivity contribution in [1.29, 1.82) is 0 Å². The molecule has 0 spiro atoms. The largest absolute Gasteiger partial charge is 0.356 e. The highest BCUT2D eigenvalue weighted by molar-refractivity contribution is 5.78. The van der Waals surface area contributed by atoms with E-state index in [9.17, 15) is 4.79 Å². The number of carbonyl (C=O) groups excluding carboxylic acids is 1. The van der Waals surface area contributed by atoms with E-state index in [1.165, 1.54) is 32.1 Å². The average molecular weight is 266 g/mol. The van der Waals surface area contributed by atoms with E-state index >= 15 is 0 Å². The Morgan fingerprint density at radius 3 is 2.47 bits per heavy atom. The minimum absolute atomic E-state index is 0.278. The van der Waals surface area contributed by atoms with Gasteiger partial charge in [0, 0.05) is 18.5 Å². The van der Waals surface area contributed by atoms with Gasteiger partial charge in [-0.2, -0.15) is 0 Å². The van der Waals surface area contributed by atoms with Crippen molar-refractivity contribution in [2.24, 2.45) is 23.5 Å². The van der Waals surface area contributed by atoms with Crippen LogP contribution in [0.15, 0.2) is 0 Å². The Bertz CT molecular complexity index is 284. The lowest BCUT2D eigenvalue weighted by atomic mass is 9.80. The molecule has 0 aromatic carbocycles. The first-order valence-corrected chi connectivity index (χ1v) is 8.22. The summed E-state index contributed by atoms with van der Waals surface area (Å²) in [5.74, 6) is 2.05. The average Bonchev–Trinajstić information content (AvgIpc) is 2.45. The molecule has 2 unspecified atom stereocenters. The predicted molar refractivity (Wildman–Crippen MR) is 78.7 cm³/mol. The smallest absolute Gasteiger partial charge is 0.223 e. The molecule has 3 nitrogen and oxygen atoms in total. The van der Waals surface area contributed by atoms with Crippen LogP contribution in [-0.2, 0) is 4.79 Å². The summed E-state index contributed by atoms with van der Waals surface area (Å²) < 4.78 is 0. The molecule has 0 radical (unpaired) electrons. The summed E-state index contributed by atoms with van der Waals surface area (Å²) in [5.41, 5.74) is 5.99. The monoisotopic (exact) mass is 266 g/mol. The van der Waals surface area contributed by atoms with Gasteiger partial charge >= 0.3 is 0 Å². The lowest BCUT2D eigenvalue weighted by Crippen LogP contribution is -2.39. The highest BCUT2D eigenvalue weighted by Crippen LogP contribution is 2.30. The van der Waals surface area contributed by atoms with Crippen molar-refractivity contribution in [3.8, 4) is 0 Å². The number of nitrogens with two attached hydrogens (primary N) is 1. The zero-order chi connectivity index (χ0) is 13.7. The highest BCUT2D eigenvalue weighted by atomic mass is 16.1. The molecule has 3 heteroatoms. The molecule has 0 saturated heterocycles. The third-order valence-corrected chi connectivity index (χ3v) is 5.18. The van der Waals surface area contributed by atoms with Crippen LogP contribution in [0.3, 0.4) is 0 Å². The Kier molecular flexibility index (Phi) is 5.68. The molecule has 0 bridgehead atoms. The minimum atomic E-state index is 0.278. The normalized spacial score (nSPS) is 35.9. The minimum Gasteiger partial charge on any atom is -0.356 e. The third-order valence-electron chi connectivity index (χ3n) is 5.18. The fourth-order valence-corrected chi connectivity index (χ4v) is 3.74. The van der Waals surface area contributed by atoms with Gasteiger partial charge in [0.15, 0.2) is 0 Å². The molecular formula is C16H30N2O. The van der Waals surface area contributed by atoms with Gasteiger partial charge in [0.1, 0.15) is 0 Å². The van der Waals surface area contributed by atoms with Crippen LogP contribution in [-0.4, -0.2) is 18.5 Å². The Balaban J connectivity index is 1.67. The van der Waals surface area contributed by atoms with Gasteiger partial charge in [0.25, 0.3) is 0 Å². The van der Waals surface area contributed by atoms with Gasteiger partial charge in [-0.15, -0.1) is 0 Å². The third kappa shape index (κ3) is 4.48. The molecule has 0 aliphatic heterocycles. The second kappa shape index (κ2) is 7.28. The van der Waals surface area contributed by atoms with E-state index in [0.717, 1.165) is 38.1 Å². The van der Waals surface area contributed by atoms with Crippen molar-refractivity contribution >= 4 is 5.91 Å². The van der Waals surface area contributed by atoms with E-state index in [4.69, 9.17) is 5.73 Å². The first-order chi connectivity index (χ1) is 9.19. The van der Waals surface area contributed by atoms with Crippen molar-refractivity contribution < 1.29 is 4.79 Å². The van der Waals surface area contributed by atoms with Crippen LogP contribution in [0.2, 0.25) is 0 Å². The van der Waals surface area contributed by atoms with Crippen LogP contribution >= 0.6 is 0 Å². The van der Waals surface area contributed by atoms with Crippen LogP contribution in [0.5, 0.6) is 0 Å². The summed E-state index contributed by atoms with van der Waals surface area (Å²) in [4.78, 5) is 12.2. The van der Waals surface area contributed by atoms with Gasteiger partial charge in [-0.25, -0.2) is 0 Å². The van der Waals surface area contributed by atoms with E-state index < -0.39 is 0 Å². The molecule has 2 aliphatic carbocycles. The summed E-state index contributed by atoms with van der Waals surface area (Å²) in [7, 11) is 0. The Morgan fingerprint density at radius 2 is 1.84 bits per heavy atom. The standard InChI is InChI=1S/C16H30N2O/c1-2-12-6-8-14(9-7-12)16(19)18-11-13-4-3-5-15(17)10-13/h12-15H,2-11,17H2,1H3,(H,18,19). The van der Waals surface area contributed by atoms with Crippen molar-refractivity contribution in [1.82, 2.24) is 5.32 Å². The zero-order valence-corrected chi connectivity index (χ0v) is 12.4. The van der Waals surface area contributed by atoms with Crippen molar-refractivity contribution in [3.63, 3.8) is 0 Å². The van der Waals surface area contributed by atoms with Crippen LogP contribution in [0.25, 0.3) is 0 Å². The van der Waals surface area contributed by atoms with Gasteiger partial charge in [0.05, 0.1) is 0 Å². The number of hydrogen-bond acceptors (Lipinski definition) is 2. The van der Waals surface area contributed by atoms with Gasteiger partial charge < -0.3 is 11.1 Å². The van der Waals surface area contributed by atoms with E-state index in [2.05, 4.69) is 12.2 Å². The fourth-order valence-electron chi connectivity index (χ4n) is 3.74. The molecule has 2 aliphatic rings. The molecule has 0 aromatic heterocycles. The summed E-state index contributed by atoms with van der Waals surface area (Å²) in [5, 5.41) is 3.18. The molecule has 1 amide bonds. The second-order valence-corrected chi connectivity index (χ2v) is 6.66. The zero-order valence-electron chi connectivity index (χ0n) is 12.4. The lowest BCUT2D eigenvalue weighted by molar-refractivity contribution is -0.126. The van der Waals surface area contributed by atoms with E-state index in [0.29, 0.717) is 17.9 Å². The van der Waals surface area contributed by atoms with Gasteiger partial charge in [-0.1, -0.05) is 19.8 Å². The number of amides is 1. The number of rotatable bonds is 4. The summed E-state index contributed by atoms with van der Waals surface area (Å²) >= 11 is 0. The number of nitrogens with one attached hydrogen (secondary N) is 1. The summed E-state index contributed by atoms with van der Waals surface area (Å²) in [6.07, 6.45) is 10.6. The SMILES string of the molecule is CCC1CCC(C(=O)NCC2CCCC(N)C2)CC1. The van der Waals surface area contributed by atoms with Gasteiger partial charge in [-0.05, 0) is 56.8 Å². The molecule has 2 atom stereocenters. The molecule has 2 fully saturated rings. The van der Waals surface area contributed by atoms with E-state index in [1.54, 1.807) is 0 Å². The van der Waals surface area contributed by atoms with Gasteiger partial charge in [-0.3, -0.25) is 4.79 Å². The maximum absolute atomic E-state index is 12.2. The molecule has 19 heavy (non-hydrogen) atoms. The first-order valence-electron chi connectivity index (χ1n) is 8.22. The van der Waals surface area contributed by atoms with Crippen molar-refractivity contribution in [2.75, 3.05) is 6.54 Å². The van der Waals surface area contributed by atoms with E-state index in [1.807, 2.05) is 0 Å².